The van der Waals surface area contributed by atoms with E-state index in [1.54, 1.807) is 6.07 Å². The lowest BCUT2D eigenvalue weighted by Crippen LogP contribution is -2.23. The summed E-state index contributed by atoms with van der Waals surface area (Å²) in [5, 5.41) is 2.90. The molecule has 94 valence electrons. The average molecular weight is 269 g/mol. The lowest BCUT2D eigenvalue weighted by molar-refractivity contribution is 0.0952. The Morgan fingerprint density at radius 1 is 1.05 bits per heavy atom. The largest absolute Gasteiger partial charge is 0.348 e. The quantitative estimate of drug-likeness (QED) is 0.795. The number of hydrogen-bond acceptors (Lipinski definition) is 4. The maximum Gasteiger partial charge on any atom is 0.253 e. The van der Waals surface area contributed by atoms with Crippen LogP contribution in [-0.2, 0) is 6.54 Å². The number of nitrogens with zero attached hydrogens (tertiary/aromatic N) is 2. The first-order valence-electron chi connectivity index (χ1n) is 5.88. The van der Waals surface area contributed by atoms with Gasteiger partial charge in [-0.2, -0.15) is 8.75 Å². The van der Waals surface area contributed by atoms with Gasteiger partial charge in [0, 0.05) is 6.54 Å². The Morgan fingerprint density at radius 2 is 1.89 bits per heavy atom. The minimum atomic E-state index is -0.123. The first-order chi connectivity index (χ1) is 9.34. The molecule has 5 heteroatoms. The number of aromatic nitrogens is 2. The third-order valence-electron chi connectivity index (χ3n) is 2.83. The number of amides is 1. The van der Waals surface area contributed by atoms with E-state index < -0.39 is 0 Å². The zero-order valence-electron chi connectivity index (χ0n) is 10.0. The Hall–Kier alpha value is -2.27. The first kappa shape index (κ1) is 11.8. The van der Waals surface area contributed by atoms with Crippen LogP contribution >= 0.6 is 11.7 Å². The molecule has 2 aromatic carbocycles. The van der Waals surface area contributed by atoms with E-state index in [9.17, 15) is 4.79 Å². The van der Waals surface area contributed by atoms with Gasteiger partial charge in [0.05, 0.1) is 17.3 Å². The summed E-state index contributed by atoms with van der Waals surface area (Å²) in [4.78, 5) is 12.2. The van der Waals surface area contributed by atoms with Gasteiger partial charge in [-0.25, -0.2) is 0 Å². The van der Waals surface area contributed by atoms with Crippen molar-refractivity contribution < 1.29 is 4.79 Å². The van der Waals surface area contributed by atoms with E-state index in [0.717, 1.165) is 22.8 Å². The van der Waals surface area contributed by atoms with Crippen LogP contribution in [0.2, 0.25) is 0 Å². The lowest BCUT2D eigenvalue weighted by Gasteiger charge is -2.05. The summed E-state index contributed by atoms with van der Waals surface area (Å²) in [6, 6.07) is 15.3. The number of hydrogen-bond donors (Lipinski definition) is 1. The smallest absolute Gasteiger partial charge is 0.253 e. The first-order valence-corrected chi connectivity index (χ1v) is 6.61. The number of rotatable bonds is 3. The molecule has 0 aliphatic rings. The van der Waals surface area contributed by atoms with E-state index in [-0.39, 0.29) is 5.91 Å². The topological polar surface area (TPSA) is 54.9 Å². The molecule has 0 saturated heterocycles. The molecule has 4 nitrogen and oxygen atoms in total. The van der Waals surface area contributed by atoms with Gasteiger partial charge in [0.1, 0.15) is 11.0 Å². The Kier molecular flexibility index (Phi) is 3.20. The molecular weight excluding hydrogens is 258 g/mol. The predicted molar refractivity (Wildman–Crippen MR) is 75.0 cm³/mol. The van der Waals surface area contributed by atoms with Gasteiger partial charge in [-0.3, -0.25) is 4.79 Å². The third-order valence-corrected chi connectivity index (χ3v) is 3.37. The molecule has 3 aromatic rings. The number of nitrogens with one attached hydrogen (secondary N) is 1. The summed E-state index contributed by atoms with van der Waals surface area (Å²) < 4.78 is 8.30. The summed E-state index contributed by atoms with van der Waals surface area (Å²) in [7, 11) is 0. The fourth-order valence-electron chi connectivity index (χ4n) is 1.86. The minimum Gasteiger partial charge on any atom is -0.348 e. The molecule has 19 heavy (non-hydrogen) atoms. The molecule has 0 aliphatic heterocycles. The van der Waals surface area contributed by atoms with E-state index in [2.05, 4.69) is 14.1 Å². The van der Waals surface area contributed by atoms with Crippen molar-refractivity contribution in [2.24, 2.45) is 0 Å². The standard InChI is InChI=1S/C14H11N3OS/c18-14(15-9-10-5-2-1-3-6-10)11-7-4-8-12-13(11)17-19-16-12/h1-8H,9H2,(H,15,18). The molecule has 1 N–H and O–H groups in total. The van der Waals surface area contributed by atoms with Crippen molar-refractivity contribution in [2.45, 2.75) is 6.54 Å². The van der Waals surface area contributed by atoms with E-state index in [1.165, 1.54) is 0 Å². The zero-order valence-corrected chi connectivity index (χ0v) is 10.9. The van der Waals surface area contributed by atoms with Gasteiger partial charge in [0.2, 0.25) is 0 Å². The van der Waals surface area contributed by atoms with Crippen LogP contribution < -0.4 is 5.32 Å². The highest BCUT2D eigenvalue weighted by Gasteiger charge is 2.12. The SMILES string of the molecule is O=C(NCc1ccccc1)c1cccc2nsnc12. The Labute approximate surface area is 114 Å². The second-order valence-electron chi connectivity index (χ2n) is 4.11. The molecule has 3 rings (SSSR count). The second kappa shape index (κ2) is 5.16. The Morgan fingerprint density at radius 3 is 2.74 bits per heavy atom. The van der Waals surface area contributed by atoms with Crippen molar-refractivity contribution in [1.82, 2.24) is 14.1 Å². The van der Waals surface area contributed by atoms with Gasteiger partial charge >= 0.3 is 0 Å². The maximum absolute atomic E-state index is 12.2. The molecular formula is C14H11N3OS. The van der Waals surface area contributed by atoms with E-state index in [4.69, 9.17) is 0 Å². The van der Waals surface area contributed by atoms with E-state index in [0.29, 0.717) is 17.6 Å². The Balaban J connectivity index is 1.79. The van der Waals surface area contributed by atoms with Crippen LogP contribution in [0.15, 0.2) is 48.5 Å². The van der Waals surface area contributed by atoms with E-state index in [1.807, 2.05) is 42.5 Å². The third kappa shape index (κ3) is 2.46. The summed E-state index contributed by atoms with van der Waals surface area (Å²) in [5.74, 6) is -0.123. The van der Waals surface area contributed by atoms with Crippen LogP contribution in [0.25, 0.3) is 11.0 Å². The summed E-state index contributed by atoms with van der Waals surface area (Å²) in [5.41, 5.74) is 3.07. The molecule has 0 saturated carbocycles. The Bertz CT molecular complexity index is 709. The fourth-order valence-corrected chi connectivity index (χ4v) is 2.41. The normalized spacial score (nSPS) is 10.5. The van der Waals surface area contributed by atoms with Crippen LogP contribution in [-0.4, -0.2) is 14.7 Å². The highest BCUT2D eigenvalue weighted by atomic mass is 32.1. The molecule has 1 heterocycles. The fraction of sp³-hybridized carbons (Fsp3) is 0.0714. The van der Waals surface area contributed by atoms with Crippen molar-refractivity contribution >= 4 is 28.7 Å². The molecule has 0 spiro atoms. The summed E-state index contributed by atoms with van der Waals surface area (Å²) in [6.45, 7) is 0.508. The van der Waals surface area contributed by atoms with Crippen molar-refractivity contribution in [3.63, 3.8) is 0 Å². The predicted octanol–water partition coefficient (Wildman–Crippen LogP) is 2.62. The van der Waals surface area contributed by atoms with Crippen LogP contribution in [0, 0.1) is 0 Å². The van der Waals surface area contributed by atoms with Gasteiger partial charge in [-0.05, 0) is 17.7 Å². The molecule has 1 aromatic heterocycles. The van der Waals surface area contributed by atoms with Gasteiger partial charge in [0.15, 0.2) is 0 Å². The van der Waals surface area contributed by atoms with Gasteiger partial charge < -0.3 is 5.32 Å². The van der Waals surface area contributed by atoms with E-state index >= 15 is 0 Å². The van der Waals surface area contributed by atoms with Gasteiger partial charge in [-0.1, -0.05) is 36.4 Å². The number of fused-ring (bicyclic) bond motifs is 1. The molecule has 0 radical (unpaired) electrons. The van der Waals surface area contributed by atoms with Crippen LogP contribution in [0.5, 0.6) is 0 Å². The number of carbonyl (C=O) groups is 1. The number of carbonyl (C=O) groups excluding carboxylic acids is 1. The molecule has 0 atom stereocenters. The minimum absolute atomic E-state index is 0.123. The zero-order chi connectivity index (χ0) is 13.1. The van der Waals surface area contributed by atoms with Gasteiger partial charge in [0.25, 0.3) is 5.91 Å². The highest BCUT2D eigenvalue weighted by molar-refractivity contribution is 7.00. The van der Waals surface area contributed by atoms with Crippen molar-refractivity contribution in [3.05, 3.63) is 59.7 Å². The van der Waals surface area contributed by atoms with Crippen molar-refractivity contribution in [2.75, 3.05) is 0 Å². The number of benzene rings is 2. The van der Waals surface area contributed by atoms with Crippen LogP contribution in [0.3, 0.4) is 0 Å². The molecule has 0 fully saturated rings. The van der Waals surface area contributed by atoms with Crippen molar-refractivity contribution in [1.29, 1.82) is 0 Å². The maximum atomic E-state index is 12.2. The summed E-state index contributed by atoms with van der Waals surface area (Å²) >= 11 is 1.12. The van der Waals surface area contributed by atoms with Crippen LogP contribution in [0.4, 0.5) is 0 Å². The monoisotopic (exact) mass is 269 g/mol. The molecule has 0 aliphatic carbocycles. The second-order valence-corrected chi connectivity index (χ2v) is 4.63. The average Bonchev–Trinajstić information content (AvgIpc) is 2.94. The highest BCUT2D eigenvalue weighted by Crippen LogP contribution is 2.16. The lowest BCUT2D eigenvalue weighted by atomic mass is 10.1. The molecule has 0 unspecified atom stereocenters. The molecule has 0 bridgehead atoms. The molecule has 1 amide bonds. The van der Waals surface area contributed by atoms with Gasteiger partial charge in [-0.15, -0.1) is 0 Å². The van der Waals surface area contributed by atoms with Crippen molar-refractivity contribution in [3.8, 4) is 0 Å². The van der Waals surface area contributed by atoms with Crippen LogP contribution in [0.1, 0.15) is 15.9 Å². The summed E-state index contributed by atoms with van der Waals surface area (Å²) in [6.07, 6.45) is 0.